The number of sulfonamides is 1. The van der Waals surface area contributed by atoms with E-state index in [0.717, 1.165) is 17.9 Å². The summed E-state index contributed by atoms with van der Waals surface area (Å²) in [5, 5.41) is 0.106. The van der Waals surface area contributed by atoms with E-state index in [4.69, 9.17) is 23.2 Å². The summed E-state index contributed by atoms with van der Waals surface area (Å²) in [5.74, 6) is 0. The third-order valence-corrected chi connectivity index (χ3v) is 5.17. The van der Waals surface area contributed by atoms with Gasteiger partial charge in [0.2, 0.25) is 0 Å². The number of fused-ring (bicyclic) bond motifs is 1. The Kier molecular flexibility index (Phi) is 3.70. The quantitative estimate of drug-likeness (QED) is 0.724. The van der Waals surface area contributed by atoms with Crippen LogP contribution < -0.4 is 4.72 Å². The number of nitrogens with zero attached hydrogens (tertiary/aromatic N) is 3. The van der Waals surface area contributed by atoms with Crippen LogP contribution in [0.4, 0.5) is 5.69 Å². The topological polar surface area (TPSA) is 84.8 Å². The van der Waals surface area contributed by atoms with Gasteiger partial charge in [-0.05, 0) is 18.2 Å². The third-order valence-electron chi connectivity index (χ3n) is 2.61. The van der Waals surface area contributed by atoms with Gasteiger partial charge in [0.15, 0.2) is 0 Å². The molecule has 0 aliphatic heterocycles. The van der Waals surface area contributed by atoms with Gasteiger partial charge in [-0.1, -0.05) is 29.3 Å². The second-order valence-electron chi connectivity index (χ2n) is 3.99. The van der Waals surface area contributed by atoms with Crippen molar-refractivity contribution in [3.63, 3.8) is 0 Å². The van der Waals surface area contributed by atoms with E-state index in [-0.39, 0.29) is 15.1 Å². The number of nitrogens with one attached hydrogen (secondary N) is 1. The molecule has 1 N–H and O–H groups in total. The summed E-state index contributed by atoms with van der Waals surface area (Å²) in [5.41, 5.74) is 1.44. The van der Waals surface area contributed by atoms with E-state index in [1.807, 2.05) is 0 Å². The predicted octanol–water partition coefficient (Wildman–Crippen LogP) is 3.19. The standard InChI is InChI=1S/C11H6Cl2N4O2S2/c12-7-4-6(5-14-11(7)13)21(18,19)17-9-3-1-2-8-10(9)16-20-15-8/h1-5,17H. The molecule has 6 nitrogen and oxygen atoms in total. The van der Waals surface area contributed by atoms with Crippen molar-refractivity contribution in [2.24, 2.45) is 0 Å². The highest BCUT2D eigenvalue weighted by Crippen LogP contribution is 2.26. The van der Waals surface area contributed by atoms with Gasteiger partial charge in [-0.15, -0.1) is 0 Å². The van der Waals surface area contributed by atoms with E-state index in [1.165, 1.54) is 6.07 Å². The van der Waals surface area contributed by atoms with E-state index in [9.17, 15) is 8.42 Å². The molecule has 10 heteroatoms. The Hall–Kier alpha value is -1.48. The molecule has 0 saturated heterocycles. The fourth-order valence-corrected chi connectivity index (χ4v) is 3.56. The van der Waals surface area contributed by atoms with Gasteiger partial charge in [-0.25, -0.2) is 13.4 Å². The van der Waals surface area contributed by atoms with Gasteiger partial charge in [-0.2, -0.15) is 8.75 Å². The molecular formula is C11H6Cl2N4O2S2. The van der Waals surface area contributed by atoms with Crippen molar-refractivity contribution < 1.29 is 8.42 Å². The first-order valence-corrected chi connectivity index (χ1v) is 8.49. The number of hydrogen-bond donors (Lipinski definition) is 1. The van der Waals surface area contributed by atoms with Crippen LogP contribution in [0.3, 0.4) is 0 Å². The number of halogens is 2. The summed E-state index contributed by atoms with van der Waals surface area (Å²) in [6.45, 7) is 0. The molecule has 0 radical (unpaired) electrons. The largest absolute Gasteiger partial charge is 0.277 e. The minimum atomic E-state index is -3.84. The zero-order chi connectivity index (χ0) is 15.0. The smallest absolute Gasteiger partial charge is 0.263 e. The number of aromatic nitrogens is 3. The lowest BCUT2D eigenvalue weighted by Gasteiger charge is -2.08. The number of hydrogen-bond acceptors (Lipinski definition) is 6. The zero-order valence-electron chi connectivity index (χ0n) is 10.1. The summed E-state index contributed by atoms with van der Waals surface area (Å²) in [6.07, 6.45) is 1.13. The van der Waals surface area contributed by atoms with Crippen molar-refractivity contribution in [3.8, 4) is 0 Å². The molecule has 0 atom stereocenters. The number of anilines is 1. The molecule has 1 aromatic carbocycles. The summed E-state index contributed by atoms with van der Waals surface area (Å²) in [4.78, 5) is 3.64. The van der Waals surface area contributed by atoms with E-state index in [0.29, 0.717) is 16.7 Å². The summed E-state index contributed by atoms with van der Waals surface area (Å²) < 4.78 is 35.2. The van der Waals surface area contributed by atoms with Crippen molar-refractivity contribution in [3.05, 3.63) is 40.6 Å². The van der Waals surface area contributed by atoms with Crippen molar-refractivity contribution in [2.45, 2.75) is 4.90 Å². The van der Waals surface area contributed by atoms with Crippen LogP contribution in [0.25, 0.3) is 11.0 Å². The average Bonchev–Trinajstić information content (AvgIpc) is 2.91. The highest BCUT2D eigenvalue weighted by Gasteiger charge is 2.18. The lowest BCUT2D eigenvalue weighted by Crippen LogP contribution is -2.13. The minimum Gasteiger partial charge on any atom is -0.277 e. The van der Waals surface area contributed by atoms with Gasteiger partial charge < -0.3 is 0 Å². The van der Waals surface area contributed by atoms with Gasteiger partial charge in [0.05, 0.1) is 22.4 Å². The molecule has 108 valence electrons. The van der Waals surface area contributed by atoms with E-state index >= 15 is 0 Å². The summed E-state index contributed by atoms with van der Waals surface area (Å²) >= 11 is 12.5. The monoisotopic (exact) mass is 360 g/mol. The molecule has 3 aromatic rings. The molecule has 0 bridgehead atoms. The maximum Gasteiger partial charge on any atom is 0.263 e. The molecule has 0 unspecified atom stereocenters. The second kappa shape index (κ2) is 5.38. The Bertz CT molecular complexity index is 927. The van der Waals surface area contributed by atoms with Gasteiger partial charge >= 0.3 is 0 Å². The van der Waals surface area contributed by atoms with Gasteiger partial charge in [0.25, 0.3) is 10.0 Å². The highest BCUT2D eigenvalue weighted by atomic mass is 35.5. The van der Waals surface area contributed by atoms with Crippen LogP contribution in [-0.2, 0) is 10.0 Å². The maximum absolute atomic E-state index is 12.3. The maximum atomic E-state index is 12.3. The SMILES string of the molecule is O=S(=O)(Nc1cccc2nsnc12)c1cnc(Cl)c(Cl)c1. The van der Waals surface area contributed by atoms with Crippen LogP contribution in [0.2, 0.25) is 10.2 Å². The molecule has 0 aliphatic rings. The number of rotatable bonds is 3. The van der Waals surface area contributed by atoms with Crippen LogP contribution >= 0.6 is 34.9 Å². The average molecular weight is 361 g/mol. The van der Waals surface area contributed by atoms with Crippen LogP contribution in [0.1, 0.15) is 0 Å². The molecule has 3 rings (SSSR count). The fraction of sp³-hybridized carbons (Fsp3) is 0. The molecule has 0 spiro atoms. The minimum absolute atomic E-state index is 0.0430. The molecule has 0 saturated carbocycles. The molecule has 21 heavy (non-hydrogen) atoms. The predicted molar refractivity (Wildman–Crippen MR) is 82.5 cm³/mol. The van der Waals surface area contributed by atoms with Crippen molar-refractivity contribution >= 4 is 61.7 Å². The van der Waals surface area contributed by atoms with Crippen LogP contribution in [0.5, 0.6) is 0 Å². The van der Waals surface area contributed by atoms with E-state index < -0.39 is 10.0 Å². The number of pyridine rings is 1. The lowest BCUT2D eigenvalue weighted by molar-refractivity contribution is 0.601. The first kappa shape index (κ1) is 14.5. The number of benzene rings is 1. The van der Waals surface area contributed by atoms with Crippen molar-refractivity contribution in [1.82, 2.24) is 13.7 Å². The van der Waals surface area contributed by atoms with Crippen molar-refractivity contribution in [2.75, 3.05) is 4.72 Å². The Morgan fingerprint density at radius 2 is 2.00 bits per heavy atom. The second-order valence-corrected chi connectivity index (χ2v) is 6.96. The van der Waals surface area contributed by atoms with E-state index in [1.54, 1.807) is 18.2 Å². The first-order chi connectivity index (χ1) is 9.97. The molecular weight excluding hydrogens is 355 g/mol. The highest BCUT2D eigenvalue weighted by molar-refractivity contribution is 7.92. The molecule has 0 amide bonds. The summed E-state index contributed by atoms with van der Waals surface area (Å²) in [7, 11) is -3.84. The van der Waals surface area contributed by atoms with Crippen molar-refractivity contribution in [1.29, 1.82) is 0 Å². The van der Waals surface area contributed by atoms with Crippen LogP contribution in [0.15, 0.2) is 35.4 Å². The molecule has 2 heterocycles. The molecule has 0 fully saturated rings. The Labute approximate surface area is 134 Å². The Morgan fingerprint density at radius 1 is 1.19 bits per heavy atom. The lowest BCUT2D eigenvalue weighted by atomic mass is 10.3. The van der Waals surface area contributed by atoms with Gasteiger partial charge in [0.1, 0.15) is 21.1 Å². The van der Waals surface area contributed by atoms with Gasteiger partial charge in [0, 0.05) is 6.20 Å². The zero-order valence-corrected chi connectivity index (χ0v) is 13.3. The third kappa shape index (κ3) is 2.80. The van der Waals surface area contributed by atoms with E-state index in [2.05, 4.69) is 18.5 Å². The molecule has 0 aliphatic carbocycles. The Morgan fingerprint density at radius 3 is 2.76 bits per heavy atom. The Balaban J connectivity index is 2.03. The fourth-order valence-electron chi connectivity index (χ4n) is 1.64. The van der Waals surface area contributed by atoms with Crippen LogP contribution in [-0.4, -0.2) is 22.1 Å². The van der Waals surface area contributed by atoms with Gasteiger partial charge in [-0.3, -0.25) is 4.72 Å². The summed E-state index contributed by atoms with van der Waals surface area (Å²) in [6, 6.07) is 6.27. The first-order valence-electron chi connectivity index (χ1n) is 5.52. The molecule has 2 aromatic heterocycles. The normalized spacial score (nSPS) is 11.7. The van der Waals surface area contributed by atoms with Crippen LogP contribution in [0, 0.1) is 0 Å².